The van der Waals surface area contributed by atoms with Gasteiger partial charge in [0.1, 0.15) is 5.69 Å². The number of Topliss-reactive ketones (excluding diaryl/α,β-unsaturated/α-hetero) is 1. The number of ether oxygens (including phenoxy) is 2. The van der Waals surface area contributed by atoms with E-state index in [0.717, 1.165) is 0 Å². The molecule has 0 radical (unpaired) electrons. The monoisotopic (exact) mass is 406 g/mol. The van der Waals surface area contributed by atoms with Crippen LogP contribution in [0.1, 0.15) is 48.7 Å². The number of carbonyl (C=O) groups is 3. The van der Waals surface area contributed by atoms with Crippen LogP contribution in [-0.4, -0.2) is 60.5 Å². The molecule has 0 aliphatic carbocycles. The molecular weight excluding hydrogens is 380 g/mol. The minimum absolute atomic E-state index is 0.0892. The van der Waals surface area contributed by atoms with E-state index >= 15 is 0 Å². The fourth-order valence-corrected chi connectivity index (χ4v) is 3.83. The van der Waals surface area contributed by atoms with Crippen molar-refractivity contribution in [3.8, 4) is 0 Å². The zero-order chi connectivity index (χ0) is 20.8. The third-order valence-corrected chi connectivity index (χ3v) is 5.45. The molecule has 28 heavy (non-hydrogen) atoms. The zero-order valence-corrected chi connectivity index (χ0v) is 17.7. The molecule has 0 aromatic carbocycles. The Hall–Kier alpha value is -2.45. The number of rotatable bonds is 9. The molecule has 152 valence electrons. The van der Waals surface area contributed by atoms with E-state index < -0.39 is 5.97 Å². The van der Waals surface area contributed by atoms with Gasteiger partial charge in [-0.3, -0.25) is 9.59 Å². The van der Waals surface area contributed by atoms with Crippen LogP contribution in [0.5, 0.6) is 0 Å². The number of hydrogen-bond donors (Lipinski definition) is 0. The average molecular weight is 407 g/mol. The molecule has 7 nitrogen and oxygen atoms in total. The lowest BCUT2D eigenvalue weighted by Crippen LogP contribution is -2.38. The van der Waals surface area contributed by atoms with Crippen molar-refractivity contribution in [3.63, 3.8) is 0 Å². The largest absolute Gasteiger partial charge is 0.461 e. The van der Waals surface area contributed by atoms with E-state index in [9.17, 15) is 14.4 Å². The van der Waals surface area contributed by atoms with E-state index in [1.54, 1.807) is 51.6 Å². The van der Waals surface area contributed by atoms with Crippen LogP contribution in [0.3, 0.4) is 0 Å². The van der Waals surface area contributed by atoms with E-state index in [4.69, 9.17) is 9.47 Å². The first-order valence-electron chi connectivity index (χ1n) is 9.01. The van der Waals surface area contributed by atoms with Crippen molar-refractivity contribution in [1.82, 2.24) is 9.47 Å². The van der Waals surface area contributed by atoms with Gasteiger partial charge in [-0.25, -0.2) is 4.79 Å². The Labute approximate surface area is 168 Å². The first-order valence-corrected chi connectivity index (χ1v) is 9.89. The number of methoxy groups -OCH3 is 1. The molecule has 2 rings (SSSR count). The first kappa shape index (κ1) is 21.8. The van der Waals surface area contributed by atoms with Crippen LogP contribution < -0.4 is 0 Å². The standard InChI is InChI=1S/C20H26N2O5S/c1-6-27-20(25)18-13(2)17(14(3)21(18)4)15(23)12-22(9-10-26-5)19(24)16-8-7-11-28-16/h7-8,11H,6,9-10,12H2,1-5H3. The van der Waals surface area contributed by atoms with Crippen molar-refractivity contribution in [1.29, 1.82) is 0 Å². The predicted octanol–water partition coefficient (Wildman–Crippen LogP) is 2.85. The minimum Gasteiger partial charge on any atom is -0.461 e. The Morgan fingerprint density at radius 2 is 1.96 bits per heavy atom. The summed E-state index contributed by atoms with van der Waals surface area (Å²) < 4.78 is 11.9. The molecule has 0 fully saturated rings. The van der Waals surface area contributed by atoms with E-state index in [2.05, 4.69) is 0 Å². The second-order valence-corrected chi connectivity index (χ2v) is 7.28. The van der Waals surface area contributed by atoms with Crippen molar-refractivity contribution in [2.24, 2.45) is 7.05 Å². The summed E-state index contributed by atoms with van der Waals surface area (Å²) in [6.07, 6.45) is 0. The number of hydrogen-bond acceptors (Lipinski definition) is 6. The third kappa shape index (κ3) is 4.51. The molecule has 0 bridgehead atoms. The Morgan fingerprint density at radius 1 is 1.25 bits per heavy atom. The van der Waals surface area contributed by atoms with Gasteiger partial charge in [0, 0.05) is 32.0 Å². The van der Waals surface area contributed by atoms with Crippen molar-refractivity contribution in [2.45, 2.75) is 20.8 Å². The summed E-state index contributed by atoms with van der Waals surface area (Å²) in [6.45, 7) is 6.04. The van der Waals surface area contributed by atoms with Gasteiger partial charge in [-0.05, 0) is 37.8 Å². The molecule has 0 spiro atoms. The lowest BCUT2D eigenvalue weighted by molar-refractivity contribution is 0.0514. The summed E-state index contributed by atoms with van der Waals surface area (Å²) in [7, 11) is 3.28. The summed E-state index contributed by atoms with van der Waals surface area (Å²) >= 11 is 1.33. The number of esters is 1. The Kier molecular flexibility index (Phi) is 7.53. The second kappa shape index (κ2) is 9.66. The summed E-state index contributed by atoms with van der Waals surface area (Å²) in [4.78, 5) is 40.2. The molecule has 0 saturated heterocycles. The van der Waals surface area contributed by atoms with Gasteiger partial charge in [0.05, 0.1) is 24.6 Å². The number of amides is 1. The van der Waals surface area contributed by atoms with Gasteiger partial charge in [-0.2, -0.15) is 0 Å². The van der Waals surface area contributed by atoms with Crippen molar-refractivity contribution >= 4 is 29.0 Å². The second-order valence-electron chi connectivity index (χ2n) is 6.33. The molecule has 2 heterocycles. The molecule has 0 saturated carbocycles. The van der Waals surface area contributed by atoms with Gasteiger partial charge < -0.3 is 18.9 Å². The van der Waals surface area contributed by atoms with E-state index in [-0.39, 0.29) is 24.8 Å². The molecule has 0 aliphatic rings. The summed E-state index contributed by atoms with van der Waals surface area (Å²) in [5.74, 6) is -0.894. The van der Waals surface area contributed by atoms with Crippen LogP contribution in [0, 0.1) is 13.8 Å². The van der Waals surface area contributed by atoms with Gasteiger partial charge in [-0.1, -0.05) is 6.07 Å². The SMILES string of the molecule is CCOC(=O)c1c(C)c(C(=O)CN(CCOC)C(=O)c2cccs2)c(C)n1C. The van der Waals surface area contributed by atoms with Crippen LogP contribution in [0.4, 0.5) is 0 Å². The summed E-state index contributed by atoms with van der Waals surface area (Å²) in [6, 6.07) is 3.53. The molecule has 2 aromatic rings. The van der Waals surface area contributed by atoms with Gasteiger partial charge in [0.2, 0.25) is 0 Å². The predicted molar refractivity (Wildman–Crippen MR) is 107 cm³/mol. The number of carbonyl (C=O) groups excluding carboxylic acids is 3. The van der Waals surface area contributed by atoms with Gasteiger partial charge in [0.15, 0.2) is 5.78 Å². The molecule has 0 atom stereocenters. The van der Waals surface area contributed by atoms with Crippen molar-refractivity contribution in [2.75, 3.05) is 33.4 Å². The van der Waals surface area contributed by atoms with Crippen molar-refractivity contribution < 1.29 is 23.9 Å². The van der Waals surface area contributed by atoms with Crippen LogP contribution in [0.25, 0.3) is 0 Å². The molecule has 0 unspecified atom stereocenters. The quantitative estimate of drug-likeness (QED) is 0.473. The van der Waals surface area contributed by atoms with Gasteiger partial charge in [0.25, 0.3) is 5.91 Å². The lowest BCUT2D eigenvalue weighted by atomic mass is 10.1. The molecule has 0 aliphatic heterocycles. The minimum atomic E-state index is -0.462. The normalized spacial score (nSPS) is 10.8. The molecule has 8 heteroatoms. The van der Waals surface area contributed by atoms with Crippen LogP contribution >= 0.6 is 11.3 Å². The molecule has 0 N–H and O–H groups in total. The average Bonchev–Trinajstić information content (AvgIpc) is 3.26. The van der Waals surface area contributed by atoms with Gasteiger partial charge in [-0.15, -0.1) is 11.3 Å². The fraction of sp³-hybridized carbons (Fsp3) is 0.450. The van der Waals surface area contributed by atoms with E-state index in [1.165, 1.54) is 16.2 Å². The van der Waals surface area contributed by atoms with Crippen LogP contribution in [0.15, 0.2) is 17.5 Å². The number of ketones is 1. The maximum absolute atomic E-state index is 13.1. The highest BCUT2D eigenvalue weighted by Crippen LogP contribution is 2.23. The molecule has 1 amide bonds. The third-order valence-electron chi connectivity index (χ3n) is 4.60. The summed E-state index contributed by atoms with van der Waals surface area (Å²) in [5, 5.41) is 1.82. The maximum atomic E-state index is 13.1. The number of nitrogens with zero attached hydrogens (tertiary/aromatic N) is 2. The highest BCUT2D eigenvalue weighted by atomic mass is 32.1. The van der Waals surface area contributed by atoms with Gasteiger partial charge >= 0.3 is 5.97 Å². The maximum Gasteiger partial charge on any atom is 0.355 e. The first-order chi connectivity index (χ1) is 13.3. The topological polar surface area (TPSA) is 77.8 Å². The number of thiophene rings is 1. The highest BCUT2D eigenvalue weighted by Gasteiger charge is 2.28. The molecular formula is C20H26N2O5S. The van der Waals surface area contributed by atoms with Crippen LogP contribution in [-0.2, 0) is 16.5 Å². The van der Waals surface area contributed by atoms with E-state index in [0.29, 0.717) is 40.5 Å². The Balaban J connectivity index is 2.32. The number of aromatic nitrogens is 1. The van der Waals surface area contributed by atoms with Crippen molar-refractivity contribution in [3.05, 3.63) is 44.9 Å². The van der Waals surface area contributed by atoms with Crippen LogP contribution in [0.2, 0.25) is 0 Å². The van der Waals surface area contributed by atoms with E-state index in [1.807, 2.05) is 5.38 Å². The zero-order valence-electron chi connectivity index (χ0n) is 16.9. The molecule has 2 aromatic heterocycles. The Morgan fingerprint density at radius 3 is 2.54 bits per heavy atom. The smallest absolute Gasteiger partial charge is 0.355 e. The Bertz CT molecular complexity index is 855. The summed E-state index contributed by atoms with van der Waals surface area (Å²) in [5.41, 5.74) is 2.04. The lowest BCUT2D eigenvalue weighted by Gasteiger charge is -2.21. The highest BCUT2D eigenvalue weighted by molar-refractivity contribution is 7.12. The fourth-order valence-electron chi connectivity index (χ4n) is 3.14.